The standard InChI is InChI=1S/C14H12N6O/c1-10-6-11(19-20-13(7-15)8-16)2-3-14(10)21-9-12-4-5-17-18-12/h2-6,19H,9H2,1H3,(H,17,18). The van der Waals surface area contributed by atoms with Crippen molar-refractivity contribution in [1.82, 2.24) is 10.2 Å². The summed E-state index contributed by atoms with van der Waals surface area (Å²) in [4.78, 5) is 0. The summed E-state index contributed by atoms with van der Waals surface area (Å²) in [7, 11) is 0. The number of nitrogens with one attached hydrogen (secondary N) is 2. The van der Waals surface area contributed by atoms with Crippen molar-refractivity contribution in [3.63, 3.8) is 0 Å². The second-order valence-electron chi connectivity index (χ2n) is 4.13. The molecule has 2 aromatic rings. The predicted octanol–water partition coefficient (Wildman–Crippen LogP) is 2.11. The molecule has 0 bridgehead atoms. The first-order chi connectivity index (χ1) is 10.2. The molecular weight excluding hydrogens is 268 g/mol. The molecule has 0 amide bonds. The number of anilines is 1. The molecule has 1 aromatic carbocycles. The van der Waals surface area contributed by atoms with Crippen molar-refractivity contribution >= 4 is 11.4 Å². The van der Waals surface area contributed by atoms with Crippen LogP contribution in [-0.2, 0) is 6.61 Å². The zero-order valence-electron chi connectivity index (χ0n) is 11.3. The lowest BCUT2D eigenvalue weighted by molar-refractivity contribution is 0.299. The Kier molecular flexibility index (Phi) is 4.52. The highest BCUT2D eigenvalue weighted by atomic mass is 16.5. The van der Waals surface area contributed by atoms with Crippen molar-refractivity contribution in [2.75, 3.05) is 5.43 Å². The Hall–Kier alpha value is -3.32. The van der Waals surface area contributed by atoms with Crippen LogP contribution in [0.15, 0.2) is 35.6 Å². The van der Waals surface area contributed by atoms with Crippen LogP contribution >= 0.6 is 0 Å². The van der Waals surface area contributed by atoms with Crippen LogP contribution in [0, 0.1) is 29.6 Å². The van der Waals surface area contributed by atoms with Crippen molar-refractivity contribution in [2.24, 2.45) is 5.10 Å². The van der Waals surface area contributed by atoms with Crippen LogP contribution in [0.5, 0.6) is 5.75 Å². The van der Waals surface area contributed by atoms with Gasteiger partial charge >= 0.3 is 0 Å². The zero-order chi connectivity index (χ0) is 15.1. The van der Waals surface area contributed by atoms with Gasteiger partial charge in [0.25, 0.3) is 0 Å². The highest BCUT2D eigenvalue weighted by molar-refractivity contribution is 6.10. The van der Waals surface area contributed by atoms with E-state index in [9.17, 15) is 0 Å². The number of nitrogens with zero attached hydrogens (tertiary/aromatic N) is 4. The van der Waals surface area contributed by atoms with Gasteiger partial charge in [0.1, 0.15) is 24.5 Å². The third-order valence-corrected chi connectivity index (χ3v) is 2.62. The number of aromatic amines is 1. The number of rotatable bonds is 5. The fourth-order valence-corrected chi connectivity index (χ4v) is 1.60. The van der Waals surface area contributed by atoms with Crippen molar-refractivity contribution in [1.29, 1.82) is 10.5 Å². The first kappa shape index (κ1) is 14.1. The average molecular weight is 280 g/mol. The summed E-state index contributed by atoms with van der Waals surface area (Å²) in [5, 5.41) is 27.6. The van der Waals surface area contributed by atoms with Crippen LogP contribution in [0.4, 0.5) is 5.69 Å². The second-order valence-corrected chi connectivity index (χ2v) is 4.13. The average Bonchev–Trinajstić information content (AvgIpc) is 3.01. The van der Waals surface area contributed by atoms with Crippen LogP contribution in [0.2, 0.25) is 0 Å². The van der Waals surface area contributed by atoms with Crippen LogP contribution in [0.25, 0.3) is 0 Å². The molecule has 0 unspecified atom stereocenters. The lowest BCUT2D eigenvalue weighted by Gasteiger charge is -2.09. The number of ether oxygens (including phenoxy) is 1. The minimum absolute atomic E-state index is 0.230. The van der Waals surface area contributed by atoms with Gasteiger partial charge in [-0.3, -0.25) is 10.5 Å². The molecule has 2 rings (SSSR count). The topological polar surface area (TPSA) is 110 Å². The fraction of sp³-hybridized carbons (Fsp3) is 0.143. The summed E-state index contributed by atoms with van der Waals surface area (Å²) in [6.45, 7) is 2.27. The molecule has 0 aliphatic carbocycles. The van der Waals surface area contributed by atoms with Gasteiger partial charge < -0.3 is 4.74 Å². The Balaban J connectivity index is 2.02. The molecule has 7 nitrogen and oxygen atoms in total. The summed E-state index contributed by atoms with van der Waals surface area (Å²) in [5.74, 6) is 0.730. The smallest absolute Gasteiger partial charge is 0.237 e. The number of H-pyrrole nitrogens is 1. The minimum atomic E-state index is -0.230. The van der Waals surface area contributed by atoms with Gasteiger partial charge in [-0.15, -0.1) is 0 Å². The number of hydrogen-bond donors (Lipinski definition) is 2. The van der Waals surface area contributed by atoms with E-state index >= 15 is 0 Å². The SMILES string of the molecule is Cc1cc(NN=C(C#N)C#N)ccc1OCc1cc[nH]n1. The molecule has 0 fully saturated rings. The predicted molar refractivity (Wildman–Crippen MR) is 76.4 cm³/mol. The monoisotopic (exact) mass is 280 g/mol. The van der Waals surface area contributed by atoms with E-state index in [1.54, 1.807) is 30.5 Å². The van der Waals surface area contributed by atoms with Gasteiger partial charge in [0.2, 0.25) is 5.71 Å². The van der Waals surface area contributed by atoms with Gasteiger partial charge in [-0.25, -0.2) is 0 Å². The quantitative estimate of drug-likeness (QED) is 0.643. The normalized spacial score (nSPS) is 9.29. The summed E-state index contributed by atoms with van der Waals surface area (Å²) < 4.78 is 5.65. The lowest BCUT2D eigenvalue weighted by atomic mass is 10.2. The Morgan fingerprint density at radius 2 is 2.19 bits per heavy atom. The molecule has 0 radical (unpaired) electrons. The molecule has 0 aliphatic rings. The number of hydrogen-bond acceptors (Lipinski definition) is 6. The van der Waals surface area contributed by atoms with Crippen LogP contribution in [0.1, 0.15) is 11.3 Å². The number of nitriles is 2. The van der Waals surface area contributed by atoms with E-state index in [-0.39, 0.29) is 5.71 Å². The Morgan fingerprint density at radius 3 is 2.81 bits per heavy atom. The van der Waals surface area contributed by atoms with E-state index in [2.05, 4.69) is 20.7 Å². The van der Waals surface area contributed by atoms with E-state index in [0.717, 1.165) is 17.0 Å². The largest absolute Gasteiger partial charge is 0.487 e. The summed E-state index contributed by atoms with van der Waals surface area (Å²) in [5.41, 5.74) is 4.81. The number of hydrazone groups is 1. The summed E-state index contributed by atoms with van der Waals surface area (Å²) >= 11 is 0. The lowest BCUT2D eigenvalue weighted by Crippen LogP contribution is -1.99. The van der Waals surface area contributed by atoms with Crippen molar-refractivity contribution in [2.45, 2.75) is 13.5 Å². The van der Waals surface area contributed by atoms with E-state index < -0.39 is 0 Å². The highest BCUT2D eigenvalue weighted by Crippen LogP contribution is 2.22. The van der Waals surface area contributed by atoms with E-state index in [1.807, 2.05) is 19.1 Å². The Labute approximate surface area is 121 Å². The molecule has 0 saturated heterocycles. The maximum absolute atomic E-state index is 8.59. The zero-order valence-corrected chi connectivity index (χ0v) is 11.3. The molecule has 0 spiro atoms. The maximum atomic E-state index is 8.59. The molecule has 0 saturated carbocycles. The third kappa shape index (κ3) is 3.82. The summed E-state index contributed by atoms with van der Waals surface area (Å²) in [6, 6.07) is 10.5. The van der Waals surface area contributed by atoms with Gasteiger partial charge in [0.05, 0.1) is 11.4 Å². The van der Waals surface area contributed by atoms with Gasteiger partial charge in [0.15, 0.2) is 0 Å². The van der Waals surface area contributed by atoms with Gasteiger partial charge in [-0.05, 0) is 36.8 Å². The van der Waals surface area contributed by atoms with Crippen LogP contribution < -0.4 is 10.2 Å². The van der Waals surface area contributed by atoms with Crippen molar-refractivity contribution in [3.05, 3.63) is 41.7 Å². The molecule has 2 N–H and O–H groups in total. The number of aryl methyl sites for hydroxylation is 1. The van der Waals surface area contributed by atoms with E-state index in [4.69, 9.17) is 15.3 Å². The number of aromatic nitrogens is 2. The molecule has 0 atom stereocenters. The minimum Gasteiger partial charge on any atom is -0.487 e. The molecular formula is C14H12N6O. The number of benzene rings is 1. The fourth-order valence-electron chi connectivity index (χ4n) is 1.60. The summed E-state index contributed by atoms with van der Waals surface area (Å²) in [6.07, 6.45) is 1.73. The molecule has 104 valence electrons. The Morgan fingerprint density at radius 1 is 1.38 bits per heavy atom. The highest BCUT2D eigenvalue weighted by Gasteiger charge is 2.03. The van der Waals surface area contributed by atoms with Crippen molar-refractivity contribution in [3.8, 4) is 17.9 Å². The molecule has 1 heterocycles. The molecule has 1 aromatic heterocycles. The van der Waals surface area contributed by atoms with E-state index in [0.29, 0.717) is 12.3 Å². The second kappa shape index (κ2) is 6.73. The maximum Gasteiger partial charge on any atom is 0.237 e. The van der Waals surface area contributed by atoms with Gasteiger partial charge in [-0.1, -0.05) is 0 Å². The molecule has 21 heavy (non-hydrogen) atoms. The Bertz CT molecular complexity index is 705. The molecule has 7 heteroatoms. The third-order valence-electron chi connectivity index (χ3n) is 2.62. The van der Waals surface area contributed by atoms with E-state index in [1.165, 1.54) is 0 Å². The van der Waals surface area contributed by atoms with Gasteiger partial charge in [0, 0.05) is 6.20 Å². The van der Waals surface area contributed by atoms with Crippen molar-refractivity contribution < 1.29 is 4.74 Å². The van der Waals surface area contributed by atoms with Crippen LogP contribution in [0.3, 0.4) is 0 Å². The van der Waals surface area contributed by atoms with Crippen LogP contribution in [-0.4, -0.2) is 15.9 Å². The first-order valence-corrected chi connectivity index (χ1v) is 6.09. The molecule has 0 aliphatic heterocycles. The first-order valence-electron chi connectivity index (χ1n) is 6.09. The van der Waals surface area contributed by atoms with Gasteiger partial charge in [-0.2, -0.15) is 20.7 Å².